The van der Waals surface area contributed by atoms with Crippen molar-refractivity contribution in [1.82, 2.24) is 10.3 Å². The second kappa shape index (κ2) is 10.8. The van der Waals surface area contributed by atoms with Crippen molar-refractivity contribution in [2.24, 2.45) is 11.7 Å². The summed E-state index contributed by atoms with van der Waals surface area (Å²) in [5.41, 5.74) is 6.30. The van der Waals surface area contributed by atoms with Gasteiger partial charge in [-0.2, -0.15) is 0 Å². The van der Waals surface area contributed by atoms with E-state index in [1.807, 2.05) is 0 Å². The molecule has 0 aliphatic carbocycles. The summed E-state index contributed by atoms with van der Waals surface area (Å²) in [6.45, 7) is 2.44. The predicted molar refractivity (Wildman–Crippen MR) is 95.3 cm³/mol. The van der Waals surface area contributed by atoms with Gasteiger partial charge in [0, 0.05) is 31.3 Å². The zero-order valence-corrected chi connectivity index (χ0v) is 14.7. The maximum Gasteiger partial charge on any atom is 0.224 e. The number of hydrogen-bond acceptors (Lipinski definition) is 4. The van der Waals surface area contributed by atoms with Gasteiger partial charge in [0.2, 0.25) is 11.8 Å². The highest BCUT2D eigenvalue weighted by Gasteiger charge is 2.10. The van der Waals surface area contributed by atoms with Crippen LogP contribution in [0.2, 0.25) is 0 Å². The Kier molecular flexibility index (Phi) is 9.95. The number of pyridine rings is 1. The fourth-order valence-corrected chi connectivity index (χ4v) is 1.71. The Morgan fingerprint density at radius 3 is 2.58 bits per heavy atom. The minimum absolute atomic E-state index is 0. The molecule has 24 heavy (non-hydrogen) atoms. The van der Waals surface area contributed by atoms with Gasteiger partial charge in [-0.05, 0) is 35.9 Å². The molecule has 0 saturated heterocycles. The lowest BCUT2D eigenvalue weighted by Crippen LogP contribution is -2.32. The Hall–Kier alpha value is -1.89. The first-order valence-corrected chi connectivity index (χ1v) is 6.94. The summed E-state index contributed by atoms with van der Waals surface area (Å²) in [6, 6.07) is 9.17. The van der Waals surface area contributed by atoms with Crippen LogP contribution >= 0.6 is 24.8 Å². The summed E-state index contributed by atoms with van der Waals surface area (Å²) >= 11 is 0. The van der Waals surface area contributed by atoms with Crippen molar-refractivity contribution < 1.29 is 13.9 Å². The number of aromatic nitrogens is 1. The number of halogens is 3. The van der Waals surface area contributed by atoms with Crippen molar-refractivity contribution in [1.29, 1.82) is 0 Å². The first kappa shape index (κ1) is 22.1. The molecule has 0 bridgehead atoms. The second-order valence-electron chi connectivity index (χ2n) is 4.91. The first-order chi connectivity index (χ1) is 10.6. The van der Waals surface area contributed by atoms with Crippen LogP contribution in [0.15, 0.2) is 42.6 Å². The normalized spacial score (nSPS) is 10.8. The van der Waals surface area contributed by atoms with Gasteiger partial charge in [-0.3, -0.25) is 4.79 Å². The number of benzene rings is 1. The number of rotatable bonds is 6. The van der Waals surface area contributed by atoms with Crippen LogP contribution in [-0.4, -0.2) is 17.4 Å². The van der Waals surface area contributed by atoms with Crippen molar-refractivity contribution in [2.75, 3.05) is 6.54 Å². The van der Waals surface area contributed by atoms with E-state index in [-0.39, 0.29) is 42.5 Å². The van der Waals surface area contributed by atoms with Crippen LogP contribution < -0.4 is 15.8 Å². The molecular formula is C16H20Cl2FN3O2. The molecule has 2 rings (SSSR count). The quantitative estimate of drug-likeness (QED) is 0.813. The maximum absolute atomic E-state index is 12.8. The molecule has 0 saturated carbocycles. The molecule has 3 N–H and O–H groups in total. The number of ether oxygens (including phenoxy) is 1. The molecule has 132 valence electrons. The summed E-state index contributed by atoms with van der Waals surface area (Å²) < 4.78 is 18.4. The number of carbonyl (C=O) groups excluding carboxylic acids is 1. The van der Waals surface area contributed by atoms with Gasteiger partial charge in [-0.1, -0.05) is 6.92 Å². The molecule has 1 amide bonds. The van der Waals surface area contributed by atoms with Crippen LogP contribution in [0.25, 0.3) is 0 Å². The zero-order valence-electron chi connectivity index (χ0n) is 13.1. The molecular weight excluding hydrogens is 356 g/mol. The number of nitrogens with two attached hydrogens (primary N) is 1. The summed E-state index contributed by atoms with van der Waals surface area (Å²) in [4.78, 5) is 15.8. The van der Waals surface area contributed by atoms with Crippen molar-refractivity contribution in [3.05, 3.63) is 54.0 Å². The Labute approximate surface area is 152 Å². The van der Waals surface area contributed by atoms with Crippen LogP contribution in [-0.2, 0) is 11.3 Å². The summed E-state index contributed by atoms with van der Waals surface area (Å²) in [5.74, 6) is 0.222. The lowest BCUT2D eigenvalue weighted by Gasteiger charge is -2.10. The predicted octanol–water partition coefficient (Wildman–Crippen LogP) is 3.07. The molecule has 1 aromatic heterocycles. The molecule has 0 fully saturated rings. The van der Waals surface area contributed by atoms with E-state index in [4.69, 9.17) is 10.5 Å². The van der Waals surface area contributed by atoms with E-state index in [0.717, 1.165) is 5.56 Å². The van der Waals surface area contributed by atoms with Crippen molar-refractivity contribution in [3.8, 4) is 11.6 Å². The highest BCUT2D eigenvalue weighted by atomic mass is 35.5. The third-order valence-electron chi connectivity index (χ3n) is 3.10. The Morgan fingerprint density at radius 1 is 1.29 bits per heavy atom. The monoisotopic (exact) mass is 375 g/mol. The van der Waals surface area contributed by atoms with Gasteiger partial charge in [0.15, 0.2) is 0 Å². The Morgan fingerprint density at radius 2 is 1.96 bits per heavy atom. The van der Waals surface area contributed by atoms with Gasteiger partial charge < -0.3 is 15.8 Å². The molecule has 0 spiro atoms. The molecule has 1 heterocycles. The molecule has 5 nitrogen and oxygen atoms in total. The van der Waals surface area contributed by atoms with Crippen LogP contribution in [0.5, 0.6) is 11.6 Å². The van der Waals surface area contributed by atoms with E-state index in [2.05, 4.69) is 10.3 Å². The van der Waals surface area contributed by atoms with Gasteiger partial charge in [0.05, 0.1) is 0 Å². The number of nitrogens with one attached hydrogen (secondary N) is 1. The fraction of sp³-hybridized carbons (Fsp3) is 0.250. The van der Waals surface area contributed by atoms with Gasteiger partial charge in [0.1, 0.15) is 11.6 Å². The molecule has 1 aromatic carbocycles. The SMILES string of the molecule is CC(CN)C(=O)NCc1ccnc(Oc2ccc(F)cc2)c1.Cl.Cl. The molecule has 0 aliphatic rings. The number of hydrogen-bond donors (Lipinski definition) is 2. The van der Waals surface area contributed by atoms with Gasteiger partial charge >= 0.3 is 0 Å². The maximum atomic E-state index is 12.8. The van der Waals surface area contributed by atoms with E-state index in [9.17, 15) is 9.18 Å². The third kappa shape index (κ3) is 6.70. The molecule has 0 aliphatic heterocycles. The van der Waals surface area contributed by atoms with E-state index >= 15 is 0 Å². The first-order valence-electron chi connectivity index (χ1n) is 6.94. The number of carbonyl (C=O) groups is 1. The third-order valence-corrected chi connectivity index (χ3v) is 3.10. The summed E-state index contributed by atoms with van der Waals surface area (Å²) in [5, 5.41) is 2.80. The lowest BCUT2D eigenvalue weighted by atomic mass is 10.1. The van der Waals surface area contributed by atoms with Crippen molar-refractivity contribution in [2.45, 2.75) is 13.5 Å². The molecule has 8 heteroatoms. The average molecular weight is 376 g/mol. The van der Waals surface area contributed by atoms with E-state index in [1.54, 1.807) is 25.3 Å². The zero-order chi connectivity index (χ0) is 15.9. The van der Waals surface area contributed by atoms with E-state index in [1.165, 1.54) is 24.3 Å². The second-order valence-corrected chi connectivity index (χ2v) is 4.91. The van der Waals surface area contributed by atoms with Crippen LogP contribution in [0.1, 0.15) is 12.5 Å². The van der Waals surface area contributed by atoms with Crippen molar-refractivity contribution in [3.63, 3.8) is 0 Å². The standard InChI is InChI=1S/C16H18FN3O2.2ClH/c1-11(9-18)16(21)20-10-12-6-7-19-15(8-12)22-14-4-2-13(17)3-5-14;;/h2-8,11H,9-10,18H2,1H3,(H,20,21);2*1H. The topological polar surface area (TPSA) is 77.2 Å². The Bertz CT molecular complexity index is 641. The van der Waals surface area contributed by atoms with E-state index in [0.29, 0.717) is 24.7 Å². The van der Waals surface area contributed by atoms with Crippen LogP contribution in [0.3, 0.4) is 0 Å². The Balaban J connectivity index is 0.00000264. The number of nitrogens with zero attached hydrogens (tertiary/aromatic N) is 1. The number of amides is 1. The molecule has 2 aromatic rings. The van der Waals surface area contributed by atoms with Crippen LogP contribution in [0.4, 0.5) is 4.39 Å². The molecule has 1 atom stereocenters. The average Bonchev–Trinajstić information content (AvgIpc) is 2.54. The highest BCUT2D eigenvalue weighted by molar-refractivity contribution is 5.85. The van der Waals surface area contributed by atoms with Crippen LogP contribution in [0, 0.1) is 11.7 Å². The highest BCUT2D eigenvalue weighted by Crippen LogP contribution is 2.20. The molecule has 1 unspecified atom stereocenters. The van der Waals surface area contributed by atoms with Gasteiger partial charge in [0.25, 0.3) is 0 Å². The fourth-order valence-electron chi connectivity index (χ4n) is 1.71. The minimum Gasteiger partial charge on any atom is -0.439 e. The summed E-state index contributed by atoms with van der Waals surface area (Å²) in [7, 11) is 0. The van der Waals surface area contributed by atoms with Gasteiger partial charge in [-0.15, -0.1) is 24.8 Å². The van der Waals surface area contributed by atoms with E-state index < -0.39 is 0 Å². The smallest absolute Gasteiger partial charge is 0.224 e. The minimum atomic E-state index is -0.328. The largest absolute Gasteiger partial charge is 0.439 e. The van der Waals surface area contributed by atoms with Crippen molar-refractivity contribution >= 4 is 30.7 Å². The van der Waals surface area contributed by atoms with Gasteiger partial charge in [-0.25, -0.2) is 9.37 Å². The lowest BCUT2D eigenvalue weighted by molar-refractivity contribution is -0.124. The molecule has 0 radical (unpaired) electrons. The summed E-state index contributed by atoms with van der Waals surface area (Å²) in [6.07, 6.45) is 1.59.